The number of fused-ring (bicyclic) bond motifs is 1. The SMILES string of the molecule is COS(=O)(=O)O.Cc1c(C(=O)O)ccc2cccc(O)c12. The van der Waals surface area contributed by atoms with E-state index in [1.807, 2.05) is 6.07 Å². The number of phenolic OH excluding ortho intramolecular Hbond substituents is 1. The van der Waals surface area contributed by atoms with Gasteiger partial charge >= 0.3 is 16.4 Å². The van der Waals surface area contributed by atoms with Crippen molar-refractivity contribution < 1.29 is 32.2 Å². The number of rotatable bonds is 2. The molecule has 0 aliphatic rings. The number of carbonyl (C=O) groups is 1. The smallest absolute Gasteiger partial charge is 0.397 e. The van der Waals surface area contributed by atoms with Crippen molar-refractivity contribution >= 4 is 27.1 Å². The summed E-state index contributed by atoms with van der Waals surface area (Å²) in [6.45, 7) is 1.70. The largest absolute Gasteiger partial charge is 0.507 e. The van der Waals surface area contributed by atoms with E-state index in [0.717, 1.165) is 12.5 Å². The zero-order valence-electron chi connectivity index (χ0n) is 11.3. The average molecular weight is 314 g/mol. The lowest BCUT2D eigenvalue weighted by molar-refractivity contribution is 0.0696. The minimum Gasteiger partial charge on any atom is -0.507 e. The summed E-state index contributed by atoms with van der Waals surface area (Å²) in [5, 5.41) is 20.1. The number of hydrogen-bond donors (Lipinski definition) is 3. The van der Waals surface area contributed by atoms with Crippen LogP contribution >= 0.6 is 0 Å². The van der Waals surface area contributed by atoms with Crippen molar-refractivity contribution in [3.05, 3.63) is 41.5 Å². The van der Waals surface area contributed by atoms with Gasteiger partial charge in [-0.25, -0.2) is 4.79 Å². The second-order valence-corrected chi connectivity index (χ2v) is 5.20. The number of phenols is 1. The quantitative estimate of drug-likeness (QED) is 0.725. The third-order valence-electron chi connectivity index (χ3n) is 2.72. The maximum absolute atomic E-state index is 10.9. The van der Waals surface area contributed by atoms with E-state index in [1.165, 1.54) is 0 Å². The summed E-state index contributed by atoms with van der Waals surface area (Å²) in [5.74, 6) is -0.856. The van der Waals surface area contributed by atoms with E-state index in [2.05, 4.69) is 4.18 Å². The van der Waals surface area contributed by atoms with Crippen LogP contribution in [0.1, 0.15) is 15.9 Å². The lowest BCUT2D eigenvalue weighted by atomic mass is 9.99. The standard InChI is InChI=1S/C12H10O3.CH4O4S/c1-7-9(12(14)15)6-5-8-3-2-4-10(13)11(7)8;1-5-6(2,3)4/h2-6,13H,1H3,(H,14,15);1H3,(H,2,3,4). The first kappa shape index (κ1) is 16.9. The van der Waals surface area contributed by atoms with E-state index >= 15 is 0 Å². The monoisotopic (exact) mass is 314 g/mol. The molecule has 0 fully saturated rings. The Kier molecular flexibility index (Phi) is 5.25. The molecule has 0 saturated carbocycles. The van der Waals surface area contributed by atoms with Crippen molar-refractivity contribution in [1.29, 1.82) is 0 Å². The van der Waals surface area contributed by atoms with E-state index in [1.54, 1.807) is 31.2 Å². The zero-order valence-corrected chi connectivity index (χ0v) is 12.1. The molecule has 0 bridgehead atoms. The summed E-state index contributed by atoms with van der Waals surface area (Å²) in [4.78, 5) is 10.9. The number of carboxylic acid groups (broad SMARTS) is 1. The summed E-state index contributed by atoms with van der Waals surface area (Å²) in [6, 6.07) is 8.39. The lowest BCUT2D eigenvalue weighted by Gasteiger charge is -2.07. The molecule has 0 aliphatic carbocycles. The van der Waals surface area contributed by atoms with Crippen LogP contribution in [0.25, 0.3) is 10.8 Å². The normalized spacial score (nSPS) is 10.8. The van der Waals surface area contributed by atoms with Crippen LogP contribution in [-0.2, 0) is 14.6 Å². The third kappa shape index (κ3) is 4.42. The van der Waals surface area contributed by atoms with Gasteiger partial charge in [0.2, 0.25) is 0 Å². The summed E-state index contributed by atoms with van der Waals surface area (Å²) >= 11 is 0. The first-order chi connectivity index (χ1) is 9.67. The maximum Gasteiger partial charge on any atom is 0.397 e. The molecular weight excluding hydrogens is 300 g/mol. The van der Waals surface area contributed by atoms with Crippen LogP contribution in [0.3, 0.4) is 0 Å². The second-order valence-electron chi connectivity index (χ2n) is 4.01. The van der Waals surface area contributed by atoms with Crippen LogP contribution in [-0.4, -0.2) is 36.3 Å². The molecule has 0 spiro atoms. The predicted molar refractivity (Wildman–Crippen MR) is 75.9 cm³/mol. The van der Waals surface area contributed by atoms with E-state index in [-0.39, 0.29) is 11.3 Å². The molecule has 0 saturated heterocycles. The molecule has 2 rings (SSSR count). The number of aryl methyl sites for hydroxylation is 1. The Morgan fingerprint density at radius 3 is 2.24 bits per heavy atom. The Bertz CT molecular complexity index is 765. The van der Waals surface area contributed by atoms with Gasteiger partial charge in [0.15, 0.2) is 0 Å². The molecule has 8 heteroatoms. The highest BCUT2D eigenvalue weighted by atomic mass is 32.3. The van der Waals surface area contributed by atoms with Crippen molar-refractivity contribution in [1.82, 2.24) is 0 Å². The van der Waals surface area contributed by atoms with Gasteiger partial charge in [-0.1, -0.05) is 18.2 Å². The van der Waals surface area contributed by atoms with Gasteiger partial charge in [0.05, 0.1) is 12.7 Å². The lowest BCUT2D eigenvalue weighted by Crippen LogP contribution is -1.99. The first-order valence-electron chi connectivity index (χ1n) is 5.65. The van der Waals surface area contributed by atoms with Crippen LogP contribution in [0.5, 0.6) is 5.75 Å². The number of aromatic carboxylic acids is 1. The molecule has 2 aromatic carbocycles. The predicted octanol–water partition coefficient (Wildman–Crippen LogP) is 1.99. The molecule has 3 N–H and O–H groups in total. The summed E-state index contributed by atoms with van der Waals surface area (Å²) in [6.07, 6.45) is 0. The van der Waals surface area contributed by atoms with Crippen molar-refractivity contribution in [3.8, 4) is 5.75 Å². The maximum atomic E-state index is 10.9. The molecule has 114 valence electrons. The van der Waals surface area contributed by atoms with Crippen LogP contribution in [0.4, 0.5) is 0 Å². The van der Waals surface area contributed by atoms with Gasteiger partial charge in [-0.2, -0.15) is 8.42 Å². The molecule has 0 heterocycles. The molecule has 21 heavy (non-hydrogen) atoms. The van der Waals surface area contributed by atoms with Crippen LogP contribution in [0.15, 0.2) is 30.3 Å². The number of carboxylic acids is 1. The van der Waals surface area contributed by atoms with Crippen molar-refractivity contribution in [3.63, 3.8) is 0 Å². The van der Waals surface area contributed by atoms with Gasteiger partial charge in [-0.3, -0.25) is 8.74 Å². The molecule has 0 atom stereocenters. The first-order valence-corrected chi connectivity index (χ1v) is 7.01. The summed E-state index contributed by atoms with van der Waals surface area (Å²) in [7, 11) is -3.29. The van der Waals surface area contributed by atoms with E-state index in [4.69, 9.17) is 9.66 Å². The van der Waals surface area contributed by atoms with Gasteiger partial charge in [0.1, 0.15) is 5.75 Å². The fourth-order valence-corrected chi connectivity index (χ4v) is 1.77. The van der Waals surface area contributed by atoms with Gasteiger partial charge in [0.25, 0.3) is 0 Å². The van der Waals surface area contributed by atoms with Gasteiger partial charge in [-0.05, 0) is 30.0 Å². The second kappa shape index (κ2) is 6.53. The van der Waals surface area contributed by atoms with Crippen molar-refractivity contribution in [2.24, 2.45) is 0 Å². The van der Waals surface area contributed by atoms with Gasteiger partial charge in [-0.15, -0.1) is 0 Å². The Hall–Kier alpha value is -2.16. The van der Waals surface area contributed by atoms with Gasteiger partial charge in [0, 0.05) is 5.39 Å². The Morgan fingerprint density at radius 2 is 1.76 bits per heavy atom. The number of hydrogen-bond acceptors (Lipinski definition) is 5. The molecule has 0 radical (unpaired) electrons. The third-order valence-corrected chi connectivity index (χ3v) is 3.15. The highest BCUT2D eigenvalue weighted by Gasteiger charge is 2.11. The molecule has 0 aromatic heterocycles. The summed E-state index contributed by atoms with van der Waals surface area (Å²) < 4.78 is 29.7. The molecular formula is C13H14O7S. The van der Waals surface area contributed by atoms with Crippen molar-refractivity contribution in [2.45, 2.75) is 6.92 Å². The minimum absolute atomic E-state index is 0.119. The average Bonchev–Trinajstić information content (AvgIpc) is 2.38. The Balaban J connectivity index is 0.000000315. The van der Waals surface area contributed by atoms with Crippen LogP contribution in [0, 0.1) is 6.92 Å². The fourth-order valence-electron chi connectivity index (χ4n) is 1.77. The molecule has 0 amide bonds. The Morgan fingerprint density at radius 1 is 1.19 bits per heavy atom. The minimum atomic E-state index is -4.16. The fraction of sp³-hybridized carbons (Fsp3) is 0.154. The van der Waals surface area contributed by atoms with Gasteiger partial charge < -0.3 is 10.2 Å². The van der Waals surface area contributed by atoms with E-state index in [9.17, 15) is 18.3 Å². The van der Waals surface area contributed by atoms with E-state index in [0.29, 0.717) is 10.9 Å². The highest BCUT2D eigenvalue weighted by molar-refractivity contribution is 7.80. The highest BCUT2D eigenvalue weighted by Crippen LogP contribution is 2.29. The topological polar surface area (TPSA) is 121 Å². The molecule has 0 unspecified atom stereocenters. The summed E-state index contributed by atoms with van der Waals surface area (Å²) in [5.41, 5.74) is 0.821. The van der Waals surface area contributed by atoms with Crippen LogP contribution in [0.2, 0.25) is 0 Å². The molecule has 2 aromatic rings. The van der Waals surface area contributed by atoms with E-state index < -0.39 is 16.4 Å². The zero-order chi connectivity index (χ0) is 16.2. The molecule has 0 aliphatic heterocycles. The van der Waals surface area contributed by atoms with Crippen LogP contribution < -0.4 is 0 Å². The van der Waals surface area contributed by atoms with Crippen molar-refractivity contribution in [2.75, 3.05) is 7.11 Å². The number of benzene rings is 2. The Labute approximate surface area is 121 Å². The number of aromatic hydroxyl groups is 1. The molecule has 7 nitrogen and oxygen atoms in total.